The monoisotopic (exact) mass is 700 g/mol. The number of rotatable bonds is 25. The summed E-state index contributed by atoms with van der Waals surface area (Å²) in [6, 6.07) is 0. The van der Waals surface area contributed by atoms with Gasteiger partial charge >= 0.3 is 23.5 Å². The summed E-state index contributed by atoms with van der Waals surface area (Å²) in [5.74, 6) is 0. The van der Waals surface area contributed by atoms with Crippen LogP contribution in [-0.2, 0) is 50.3 Å². The van der Waals surface area contributed by atoms with E-state index in [1.807, 2.05) is 6.92 Å². The molecule has 0 bridgehead atoms. The van der Waals surface area contributed by atoms with Crippen LogP contribution in [0.3, 0.4) is 0 Å². The Balaban J connectivity index is 4.60. The van der Waals surface area contributed by atoms with Gasteiger partial charge in [-0.3, -0.25) is 27.1 Å². The molecule has 0 aromatic rings. The Morgan fingerprint density at radius 1 is 0.455 bits per heavy atom. The van der Waals surface area contributed by atoms with Gasteiger partial charge in [-0.1, -0.05) is 6.92 Å². The van der Waals surface area contributed by atoms with E-state index in [9.17, 15) is 28.4 Å². The standard InChI is InChI=1S/C27H59O14P3/c1-13-23(3,4)39-43(30,31)37-21-17-24(5,6)35-20-16-27(11,12)41-44(32,33)38-22-18-25(7,8)34-19-15-26(9,10)40-42(28,29)36-14-2/h13-22H2,1-12H3,(H,28,29)(H,30,31)(H,32,33). The molecule has 266 valence electrons. The van der Waals surface area contributed by atoms with Crippen LogP contribution in [0.4, 0.5) is 0 Å². The Bertz CT molecular complexity index is 996. The fourth-order valence-electron chi connectivity index (χ4n) is 3.44. The average Bonchev–Trinajstić information content (AvgIpc) is 2.75. The van der Waals surface area contributed by atoms with E-state index in [1.165, 1.54) is 0 Å². The molecule has 0 aliphatic heterocycles. The first kappa shape index (κ1) is 44.2. The first-order chi connectivity index (χ1) is 19.6. The van der Waals surface area contributed by atoms with Crippen LogP contribution < -0.4 is 0 Å². The largest absolute Gasteiger partial charge is 0.472 e. The molecule has 3 atom stereocenters. The topological polar surface area (TPSA) is 186 Å². The Kier molecular flexibility index (Phi) is 17.7. The zero-order chi connectivity index (χ0) is 34.7. The van der Waals surface area contributed by atoms with Crippen molar-refractivity contribution in [3.8, 4) is 0 Å². The fourth-order valence-corrected chi connectivity index (χ4v) is 6.75. The molecule has 0 aliphatic carbocycles. The molecule has 17 heteroatoms. The summed E-state index contributed by atoms with van der Waals surface area (Å²) < 4.78 is 79.3. The van der Waals surface area contributed by atoms with Crippen molar-refractivity contribution in [2.45, 2.75) is 143 Å². The Hall–Kier alpha value is 0.250. The van der Waals surface area contributed by atoms with Crippen LogP contribution >= 0.6 is 23.5 Å². The van der Waals surface area contributed by atoms with E-state index in [4.69, 9.17) is 36.6 Å². The van der Waals surface area contributed by atoms with Crippen molar-refractivity contribution in [1.82, 2.24) is 0 Å². The van der Waals surface area contributed by atoms with Gasteiger partial charge in [0.05, 0.1) is 61.0 Å². The van der Waals surface area contributed by atoms with Gasteiger partial charge in [-0.05, 0) is 108 Å². The van der Waals surface area contributed by atoms with Crippen LogP contribution in [0.2, 0.25) is 0 Å². The van der Waals surface area contributed by atoms with Gasteiger partial charge in [0, 0.05) is 0 Å². The van der Waals surface area contributed by atoms with Gasteiger partial charge < -0.3 is 24.2 Å². The smallest absolute Gasteiger partial charge is 0.375 e. The van der Waals surface area contributed by atoms with Crippen molar-refractivity contribution >= 4 is 23.5 Å². The summed E-state index contributed by atoms with van der Waals surface area (Å²) in [6.07, 6.45) is 1.66. The third kappa shape index (κ3) is 21.9. The minimum atomic E-state index is -4.42. The van der Waals surface area contributed by atoms with Crippen LogP contribution in [0.25, 0.3) is 0 Å². The number of hydrogen-bond donors (Lipinski definition) is 3. The molecule has 0 aromatic heterocycles. The first-order valence-electron chi connectivity index (χ1n) is 14.9. The summed E-state index contributed by atoms with van der Waals surface area (Å²) in [7, 11) is -12.8. The van der Waals surface area contributed by atoms with Gasteiger partial charge in [-0.2, -0.15) is 0 Å². The Morgan fingerprint density at radius 2 is 0.750 bits per heavy atom. The lowest BCUT2D eigenvalue weighted by atomic mass is 10.0. The number of ether oxygens (including phenoxy) is 2. The molecule has 44 heavy (non-hydrogen) atoms. The lowest BCUT2D eigenvalue weighted by Gasteiger charge is -2.31. The predicted octanol–water partition coefficient (Wildman–Crippen LogP) is 7.30. The van der Waals surface area contributed by atoms with Crippen LogP contribution in [-0.4, -0.2) is 75.7 Å². The van der Waals surface area contributed by atoms with E-state index >= 15 is 0 Å². The van der Waals surface area contributed by atoms with E-state index in [0.717, 1.165) is 0 Å². The zero-order valence-corrected chi connectivity index (χ0v) is 31.4. The predicted molar refractivity (Wildman–Crippen MR) is 167 cm³/mol. The van der Waals surface area contributed by atoms with Crippen molar-refractivity contribution < 1.29 is 65.0 Å². The van der Waals surface area contributed by atoms with Crippen LogP contribution in [0.15, 0.2) is 0 Å². The molecule has 0 fully saturated rings. The highest BCUT2D eigenvalue weighted by Crippen LogP contribution is 2.50. The van der Waals surface area contributed by atoms with Gasteiger partial charge in [0.15, 0.2) is 0 Å². The second kappa shape index (κ2) is 17.6. The Labute approximate surface area is 264 Å². The average molecular weight is 701 g/mol. The van der Waals surface area contributed by atoms with E-state index in [2.05, 4.69) is 0 Å². The quantitative estimate of drug-likeness (QED) is 0.0805. The highest BCUT2D eigenvalue weighted by molar-refractivity contribution is 7.48. The minimum absolute atomic E-state index is 0.0390. The molecule has 0 saturated carbocycles. The highest BCUT2D eigenvalue weighted by atomic mass is 31.2. The molecule has 0 spiro atoms. The molecule has 3 N–H and O–H groups in total. The van der Waals surface area contributed by atoms with Crippen LogP contribution in [0.5, 0.6) is 0 Å². The van der Waals surface area contributed by atoms with Crippen molar-refractivity contribution in [2.24, 2.45) is 0 Å². The van der Waals surface area contributed by atoms with E-state index in [1.54, 1.807) is 76.2 Å². The summed E-state index contributed by atoms with van der Waals surface area (Å²) in [4.78, 5) is 30.0. The molecule has 14 nitrogen and oxygen atoms in total. The molecular formula is C27H59O14P3. The molecule has 0 aliphatic rings. The molecule has 0 rings (SSSR count). The molecular weight excluding hydrogens is 641 g/mol. The molecule has 3 unspecified atom stereocenters. The number of phosphoric acid groups is 3. The van der Waals surface area contributed by atoms with Gasteiger partial charge in [0.1, 0.15) is 0 Å². The van der Waals surface area contributed by atoms with E-state index < -0.39 is 51.5 Å². The maximum absolute atomic E-state index is 12.6. The number of hydrogen-bond acceptors (Lipinski definition) is 11. The summed E-state index contributed by atoms with van der Waals surface area (Å²) in [5, 5.41) is 0. The second-order valence-electron chi connectivity index (χ2n) is 13.6. The van der Waals surface area contributed by atoms with E-state index in [-0.39, 0.29) is 45.9 Å². The SMILES string of the molecule is CCOP(=O)(O)OC(C)(C)CCOC(C)(C)CCOP(=O)(O)OC(C)(C)CCOC(C)(C)CCOP(=O)(O)OC(C)(C)CC. The third-order valence-corrected chi connectivity index (χ3v) is 10.3. The van der Waals surface area contributed by atoms with Crippen LogP contribution in [0, 0.1) is 0 Å². The fraction of sp³-hybridized carbons (Fsp3) is 1.00. The first-order valence-corrected chi connectivity index (χ1v) is 19.4. The molecule has 0 radical (unpaired) electrons. The van der Waals surface area contributed by atoms with Gasteiger partial charge in [0.25, 0.3) is 0 Å². The molecule has 0 aromatic carbocycles. The van der Waals surface area contributed by atoms with Crippen LogP contribution in [0.1, 0.15) is 115 Å². The van der Waals surface area contributed by atoms with Crippen molar-refractivity contribution in [3.05, 3.63) is 0 Å². The highest BCUT2D eigenvalue weighted by Gasteiger charge is 2.35. The summed E-state index contributed by atoms with van der Waals surface area (Å²) in [5.41, 5.74) is -4.30. The van der Waals surface area contributed by atoms with Gasteiger partial charge in [-0.15, -0.1) is 0 Å². The zero-order valence-electron chi connectivity index (χ0n) is 28.7. The second-order valence-corrected chi connectivity index (χ2v) is 17.7. The maximum Gasteiger partial charge on any atom is 0.472 e. The minimum Gasteiger partial charge on any atom is -0.375 e. The number of phosphoric ester groups is 3. The van der Waals surface area contributed by atoms with Gasteiger partial charge in [0.2, 0.25) is 0 Å². The lowest BCUT2D eigenvalue weighted by Crippen LogP contribution is -2.32. The maximum atomic E-state index is 12.6. The lowest BCUT2D eigenvalue weighted by molar-refractivity contribution is -0.0615. The molecule has 0 saturated heterocycles. The Morgan fingerprint density at radius 3 is 1.07 bits per heavy atom. The van der Waals surface area contributed by atoms with E-state index in [0.29, 0.717) is 19.3 Å². The normalized spacial score (nSPS) is 18.1. The van der Waals surface area contributed by atoms with Crippen molar-refractivity contribution in [1.29, 1.82) is 0 Å². The molecule has 0 amide bonds. The third-order valence-electron chi connectivity index (χ3n) is 6.54. The summed E-state index contributed by atoms with van der Waals surface area (Å²) in [6.45, 7) is 20.8. The van der Waals surface area contributed by atoms with Crippen molar-refractivity contribution in [2.75, 3.05) is 33.0 Å². The summed E-state index contributed by atoms with van der Waals surface area (Å²) >= 11 is 0. The van der Waals surface area contributed by atoms with Gasteiger partial charge in [-0.25, -0.2) is 13.7 Å². The van der Waals surface area contributed by atoms with Crippen molar-refractivity contribution in [3.63, 3.8) is 0 Å². The molecule has 0 heterocycles.